The van der Waals surface area contributed by atoms with Gasteiger partial charge >= 0.3 is 5.97 Å². The predicted octanol–water partition coefficient (Wildman–Crippen LogP) is 4.44. The van der Waals surface area contributed by atoms with E-state index in [1.165, 1.54) is 32.1 Å². The van der Waals surface area contributed by atoms with Crippen LogP contribution in [-0.4, -0.2) is 5.97 Å². The molecule has 0 aliphatic carbocycles. The third-order valence-corrected chi connectivity index (χ3v) is 3.52. The summed E-state index contributed by atoms with van der Waals surface area (Å²) >= 11 is 0. The zero-order valence-corrected chi connectivity index (χ0v) is 11.7. The van der Waals surface area contributed by atoms with Crippen molar-refractivity contribution in [2.24, 2.45) is 0 Å². The first-order chi connectivity index (χ1) is 9.31. The van der Waals surface area contributed by atoms with Gasteiger partial charge in [-0.1, -0.05) is 56.9 Å². The van der Waals surface area contributed by atoms with Gasteiger partial charge in [0.15, 0.2) is 0 Å². The molecule has 0 bridgehead atoms. The van der Waals surface area contributed by atoms with Gasteiger partial charge in [0, 0.05) is 12.0 Å². The molecule has 1 aromatic carbocycles. The van der Waals surface area contributed by atoms with Gasteiger partial charge in [-0.3, -0.25) is 0 Å². The second kappa shape index (κ2) is 7.13. The number of rotatable bonds is 6. The van der Waals surface area contributed by atoms with Crippen molar-refractivity contribution < 1.29 is 9.53 Å². The molecule has 2 rings (SSSR count). The second-order valence-corrected chi connectivity index (χ2v) is 5.11. The van der Waals surface area contributed by atoms with Crippen molar-refractivity contribution in [2.45, 2.75) is 51.9 Å². The quantitative estimate of drug-likeness (QED) is 0.326. The largest absolute Gasteiger partial charge is 0.423 e. The molecule has 0 saturated heterocycles. The fourth-order valence-corrected chi connectivity index (χ4v) is 2.37. The molecular weight excluding hydrogens is 236 g/mol. The molecule has 0 unspecified atom stereocenters. The Morgan fingerprint density at radius 3 is 2.79 bits per heavy atom. The molecule has 0 saturated carbocycles. The number of hydrogen-bond donors (Lipinski definition) is 0. The molecule has 1 aromatic rings. The van der Waals surface area contributed by atoms with E-state index < -0.39 is 0 Å². The Morgan fingerprint density at radius 1 is 1.16 bits per heavy atom. The first-order valence-electron chi connectivity index (χ1n) is 7.30. The van der Waals surface area contributed by atoms with Crippen LogP contribution in [-0.2, 0) is 11.2 Å². The SMILES string of the molecule is CCCCCCC/C=C1/Cc2ccccc2OC1=O. The van der Waals surface area contributed by atoms with Gasteiger partial charge in [0.1, 0.15) is 5.75 Å². The van der Waals surface area contributed by atoms with Crippen molar-refractivity contribution in [3.63, 3.8) is 0 Å². The topological polar surface area (TPSA) is 26.3 Å². The summed E-state index contributed by atoms with van der Waals surface area (Å²) in [4.78, 5) is 11.8. The molecule has 2 heteroatoms. The van der Waals surface area contributed by atoms with Crippen LogP contribution in [0.3, 0.4) is 0 Å². The first-order valence-corrected chi connectivity index (χ1v) is 7.30. The van der Waals surface area contributed by atoms with Gasteiger partial charge in [-0.15, -0.1) is 0 Å². The molecule has 1 aliphatic rings. The number of para-hydroxylation sites is 1. The van der Waals surface area contributed by atoms with Crippen LogP contribution < -0.4 is 4.74 Å². The minimum absolute atomic E-state index is 0.174. The summed E-state index contributed by atoms with van der Waals surface area (Å²) in [5.41, 5.74) is 1.92. The van der Waals surface area contributed by atoms with E-state index in [0.717, 1.165) is 17.6 Å². The lowest BCUT2D eigenvalue weighted by Crippen LogP contribution is -2.19. The maximum atomic E-state index is 11.8. The number of unbranched alkanes of at least 4 members (excludes halogenated alkanes) is 5. The van der Waals surface area contributed by atoms with E-state index in [1.54, 1.807) is 0 Å². The van der Waals surface area contributed by atoms with Crippen LogP contribution >= 0.6 is 0 Å². The average Bonchev–Trinajstić information content (AvgIpc) is 2.43. The average molecular weight is 258 g/mol. The fraction of sp³-hybridized carbons (Fsp3) is 0.471. The van der Waals surface area contributed by atoms with E-state index in [9.17, 15) is 4.79 Å². The molecule has 0 fully saturated rings. The van der Waals surface area contributed by atoms with E-state index in [2.05, 4.69) is 13.0 Å². The van der Waals surface area contributed by atoms with Crippen molar-refractivity contribution in [3.05, 3.63) is 41.5 Å². The van der Waals surface area contributed by atoms with Crippen LogP contribution in [0.25, 0.3) is 0 Å². The minimum atomic E-state index is -0.174. The molecule has 0 aromatic heterocycles. The molecule has 1 heterocycles. The summed E-state index contributed by atoms with van der Waals surface area (Å²) in [6.45, 7) is 2.22. The predicted molar refractivity (Wildman–Crippen MR) is 77.2 cm³/mol. The van der Waals surface area contributed by atoms with Gasteiger partial charge < -0.3 is 4.74 Å². The third kappa shape index (κ3) is 3.95. The lowest BCUT2D eigenvalue weighted by molar-refractivity contribution is -0.130. The van der Waals surface area contributed by atoms with Crippen molar-refractivity contribution in [2.75, 3.05) is 0 Å². The van der Waals surface area contributed by atoms with E-state index in [4.69, 9.17) is 4.74 Å². The Bertz CT molecular complexity index is 460. The Morgan fingerprint density at radius 2 is 1.95 bits per heavy atom. The Labute approximate surface area is 115 Å². The molecule has 102 valence electrons. The van der Waals surface area contributed by atoms with Gasteiger partial charge in [-0.25, -0.2) is 4.79 Å². The molecule has 2 nitrogen and oxygen atoms in total. The molecule has 19 heavy (non-hydrogen) atoms. The lowest BCUT2D eigenvalue weighted by Gasteiger charge is -2.17. The van der Waals surface area contributed by atoms with Crippen LogP contribution in [0.4, 0.5) is 0 Å². The smallest absolute Gasteiger partial charge is 0.339 e. The van der Waals surface area contributed by atoms with Crippen LogP contribution in [0.15, 0.2) is 35.9 Å². The van der Waals surface area contributed by atoms with Crippen LogP contribution in [0, 0.1) is 0 Å². The monoisotopic (exact) mass is 258 g/mol. The van der Waals surface area contributed by atoms with Crippen LogP contribution in [0.1, 0.15) is 51.0 Å². The fourth-order valence-electron chi connectivity index (χ4n) is 2.37. The molecule has 0 radical (unpaired) electrons. The molecule has 0 amide bonds. The highest BCUT2D eigenvalue weighted by Crippen LogP contribution is 2.27. The Balaban J connectivity index is 1.86. The summed E-state index contributed by atoms with van der Waals surface area (Å²) in [5.74, 6) is 0.542. The van der Waals surface area contributed by atoms with Crippen molar-refractivity contribution in [1.82, 2.24) is 0 Å². The van der Waals surface area contributed by atoms with Gasteiger partial charge in [0.05, 0.1) is 0 Å². The van der Waals surface area contributed by atoms with Crippen LogP contribution in [0.2, 0.25) is 0 Å². The van der Waals surface area contributed by atoms with E-state index in [0.29, 0.717) is 12.2 Å². The number of ether oxygens (including phenoxy) is 1. The minimum Gasteiger partial charge on any atom is -0.423 e. The maximum Gasteiger partial charge on any atom is 0.339 e. The van der Waals surface area contributed by atoms with Gasteiger partial charge in [0.25, 0.3) is 0 Å². The van der Waals surface area contributed by atoms with E-state index >= 15 is 0 Å². The number of allylic oxidation sites excluding steroid dienone is 1. The third-order valence-electron chi connectivity index (χ3n) is 3.52. The van der Waals surface area contributed by atoms with Gasteiger partial charge in [0.2, 0.25) is 0 Å². The zero-order chi connectivity index (χ0) is 13.5. The highest BCUT2D eigenvalue weighted by molar-refractivity contribution is 5.92. The number of carbonyl (C=O) groups is 1. The standard InChI is InChI=1S/C17H22O2/c1-2-3-4-5-6-7-11-15-13-14-10-8-9-12-16(14)19-17(15)18/h8-12H,2-7,13H2,1H3/b15-11-. The first kappa shape index (κ1) is 13.9. The zero-order valence-electron chi connectivity index (χ0n) is 11.7. The summed E-state index contributed by atoms with van der Waals surface area (Å²) in [5, 5.41) is 0. The second-order valence-electron chi connectivity index (χ2n) is 5.11. The van der Waals surface area contributed by atoms with E-state index in [-0.39, 0.29) is 5.97 Å². The number of esters is 1. The highest BCUT2D eigenvalue weighted by Gasteiger charge is 2.21. The highest BCUT2D eigenvalue weighted by atomic mass is 16.5. The van der Waals surface area contributed by atoms with Gasteiger partial charge in [-0.2, -0.15) is 0 Å². The Hall–Kier alpha value is -1.57. The number of benzene rings is 1. The molecule has 0 atom stereocenters. The van der Waals surface area contributed by atoms with Crippen LogP contribution in [0.5, 0.6) is 5.75 Å². The molecule has 0 N–H and O–H groups in total. The summed E-state index contributed by atoms with van der Waals surface area (Å²) in [6, 6.07) is 7.76. The number of fused-ring (bicyclic) bond motifs is 1. The van der Waals surface area contributed by atoms with E-state index in [1.807, 2.05) is 24.3 Å². The summed E-state index contributed by atoms with van der Waals surface area (Å²) in [7, 11) is 0. The Kier molecular flexibility index (Phi) is 5.20. The van der Waals surface area contributed by atoms with Crippen molar-refractivity contribution in [3.8, 4) is 5.75 Å². The summed E-state index contributed by atoms with van der Waals surface area (Å²) < 4.78 is 5.33. The maximum absolute atomic E-state index is 11.8. The molecule has 0 spiro atoms. The lowest BCUT2D eigenvalue weighted by atomic mass is 10.00. The number of carbonyl (C=O) groups excluding carboxylic acids is 1. The molecular formula is C17H22O2. The van der Waals surface area contributed by atoms with Crippen molar-refractivity contribution >= 4 is 5.97 Å². The number of hydrogen-bond acceptors (Lipinski definition) is 2. The normalized spacial score (nSPS) is 16.3. The van der Waals surface area contributed by atoms with Crippen molar-refractivity contribution in [1.29, 1.82) is 0 Å². The summed E-state index contributed by atoms with van der Waals surface area (Å²) in [6.07, 6.45) is 10.1. The van der Waals surface area contributed by atoms with Gasteiger partial charge in [-0.05, 0) is 24.5 Å². The molecule has 1 aliphatic heterocycles.